The molecule has 0 unspecified atom stereocenters. The van der Waals surface area contributed by atoms with Gasteiger partial charge in [-0.25, -0.2) is 9.59 Å². The molecule has 0 aromatic rings. The standard InChI is InChI=1S/C16H25NO10/c1-11(18)24-7-5-17(6-8-25-12(2)19)9-14(22)27-16(3,4)15(23)26-10-13(20)21/h5-10H2,1-4H3,(H,20,21). The van der Waals surface area contributed by atoms with Crippen molar-refractivity contribution in [3.05, 3.63) is 0 Å². The van der Waals surface area contributed by atoms with E-state index < -0.39 is 42.1 Å². The molecule has 0 saturated heterocycles. The number of ether oxygens (including phenoxy) is 4. The van der Waals surface area contributed by atoms with Gasteiger partial charge in [0.25, 0.3) is 0 Å². The van der Waals surface area contributed by atoms with Crippen molar-refractivity contribution >= 4 is 29.8 Å². The first-order chi connectivity index (χ1) is 12.4. The Kier molecular flexibility index (Phi) is 10.7. The van der Waals surface area contributed by atoms with E-state index in [1.165, 1.54) is 32.6 Å². The third kappa shape index (κ3) is 12.3. The highest BCUT2D eigenvalue weighted by Gasteiger charge is 2.34. The fourth-order valence-electron chi connectivity index (χ4n) is 1.75. The van der Waals surface area contributed by atoms with Crippen LogP contribution in [0.25, 0.3) is 0 Å². The van der Waals surface area contributed by atoms with Crippen LogP contribution in [0.1, 0.15) is 27.7 Å². The van der Waals surface area contributed by atoms with E-state index in [-0.39, 0.29) is 32.8 Å². The number of rotatable bonds is 12. The number of carboxylic acids is 1. The van der Waals surface area contributed by atoms with Crippen molar-refractivity contribution in [2.75, 3.05) is 39.5 Å². The van der Waals surface area contributed by atoms with Crippen LogP contribution in [0.15, 0.2) is 0 Å². The molecule has 0 spiro atoms. The lowest BCUT2D eigenvalue weighted by Crippen LogP contribution is -2.43. The second-order valence-corrected chi connectivity index (χ2v) is 5.91. The quantitative estimate of drug-likeness (QED) is 0.335. The average molecular weight is 391 g/mol. The maximum atomic E-state index is 12.1. The summed E-state index contributed by atoms with van der Waals surface area (Å²) >= 11 is 0. The molecular formula is C16H25NO10. The van der Waals surface area contributed by atoms with E-state index in [0.717, 1.165) is 0 Å². The van der Waals surface area contributed by atoms with Crippen molar-refractivity contribution in [1.29, 1.82) is 0 Å². The lowest BCUT2D eigenvalue weighted by molar-refractivity contribution is -0.181. The number of carbonyl (C=O) groups is 5. The minimum Gasteiger partial charge on any atom is -0.479 e. The minimum atomic E-state index is -1.69. The predicted octanol–water partition coefficient (Wildman–Crippen LogP) is -0.636. The van der Waals surface area contributed by atoms with Crippen molar-refractivity contribution in [3.8, 4) is 0 Å². The topological polar surface area (TPSA) is 146 Å². The predicted molar refractivity (Wildman–Crippen MR) is 88.5 cm³/mol. The van der Waals surface area contributed by atoms with Gasteiger partial charge in [-0.3, -0.25) is 19.3 Å². The van der Waals surface area contributed by atoms with Gasteiger partial charge in [-0.05, 0) is 13.8 Å². The molecule has 0 fully saturated rings. The van der Waals surface area contributed by atoms with Crippen molar-refractivity contribution < 1.29 is 48.0 Å². The zero-order chi connectivity index (χ0) is 21.0. The number of hydrogen-bond acceptors (Lipinski definition) is 10. The summed E-state index contributed by atoms with van der Waals surface area (Å²) in [5, 5.41) is 8.51. The molecule has 11 heteroatoms. The van der Waals surface area contributed by atoms with Crippen LogP contribution >= 0.6 is 0 Å². The molecule has 0 atom stereocenters. The Balaban J connectivity index is 4.68. The van der Waals surface area contributed by atoms with Gasteiger partial charge < -0.3 is 24.1 Å². The summed E-state index contributed by atoms with van der Waals surface area (Å²) in [5.41, 5.74) is -1.69. The van der Waals surface area contributed by atoms with Crippen LogP contribution in [-0.2, 0) is 42.9 Å². The number of esters is 4. The third-order valence-electron chi connectivity index (χ3n) is 2.97. The van der Waals surface area contributed by atoms with Crippen LogP contribution in [0.3, 0.4) is 0 Å². The van der Waals surface area contributed by atoms with Gasteiger partial charge in [-0.2, -0.15) is 0 Å². The molecule has 0 amide bonds. The number of carbonyl (C=O) groups excluding carboxylic acids is 4. The van der Waals surface area contributed by atoms with E-state index in [1.54, 1.807) is 0 Å². The molecule has 0 rings (SSSR count). The van der Waals surface area contributed by atoms with Crippen LogP contribution in [0.5, 0.6) is 0 Å². The Bertz CT molecular complexity index is 537. The van der Waals surface area contributed by atoms with Crippen LogP contribution < -0.4 is 0 Å². The summed E-state index contributed by atoms with van der Waals surface area (Å²) in [4.78, 5) is 57.5. The number of aliphatic carboxylic acids is 1. The van der Waals surface area contributed by atoms with E-state index in [9.17, 15) is 24.0 Å². The molecule has 0 bridgehead atoms. The van der Waals surface area contributed by atoms with E-state index in [2.05, 4.69) is 4.74 Å². The first kappa shape index (κ1) is 24.3. The lowest BCUT2D eigenvalue weighted by atomic mass is 10.1. The molecule has 0 aliphatic rings. The van der Waals surface area contributed by atoms with E-state index >= 15 is 0 Å². The van der Waals surface area contributed by atoms with E-state index in [4.69, 9.17) is 19.3 Å². The van der Waals surface area contributed by atoms with Crippen LogP contribution in [0.2, 0.25) is 0 Å². The Morgan fingerprint density at radius 1 is 0.889 bits per heavy atom. The van der Waals surface area contributed by atoms with E-state index in [0.29, 0.717) is 0 Å². The van der Waals surface area contributed by atoms with Crippen molar-refractivity contribution in [2.24, 2.45) is 0 Å². The Morgan fingerprint density at radius 2 is 1.37 bits per heavy atom. The molecule has 27 heavy (non-hydrogen) atoms. The summed E-state index contributed by atoms with van der Waals surface area (Å²) in [7, 11) is 0. The van der Waals surface area contributed by atoms with Gasteiger partial charge in [0, 0.05) is 26.9 Å². The first-order valence-corrected chi connectivity index (χ1v) is 8.04. The SMILES string of the molecule is CC(=O)OCCN(CCOC(C)=O)CC(=O)OC(C)(C)C(=O)OCC(=O)O. The molecule has 0 saturated carbocycles. The van der Waals surface area contributed by atoms with Gasteiger partial charge in [0.15, 0.2) is 6.61 Å². The van der Waals surface area contributed by atoms with Gasteiger partial charge in [0.05, 0.1) is 6.54 Å². The highest BCUT2D eigenvalue weighted by Crippen LogP contribution is 2.12. The molecule has 154 valence electrons. The summed E-state index contributed by atoms with van der Waals surface area (Å²) in [6.45, 7) is 4.22. The van der Waals surface area contributed by atoms with Crippen LogP contribution in [0.4, 0.5) is 0 Å². The minimum absolute atomic E-state index is 0.00668. The molecule has 11 nitrogen and oxygen atoms in total. The van der Waals surface area contributed by atoms with Gasteiger partial charge >= 0.3 is 29.8 Å². The molecule has 1 N–H and O–H groups in total. The fourth-order valence-corrected chi connectivity index (χ4v) is 1.75. The summed E-state index contributed by atoms with van der Waals surface area (Å²) in [6, 6.07) is 0. The summed E-state index contributed by atoms with van der Waals surface area (Å²) in [6.07, 6.45) is 0. The monoisotopic (exact) mass is 391 g/mol. The average Bonchev–Trinajstić information content (AvgIpc) is 2.50. The highest BCUT2D eigenvalue weighted by molar-refractivity contribution is 5.84. The van der Waals surface area contributed by atoms with Gasteiger partial charge in [0.1, 0.15) is 13.2 Å². The first-order valence-electron chi connectivity index (χ1n) is 8.04. The largest absolute Gasteiger partial charge is 0.479 e. The van der Waals surface area contributed by atoms with Gasteiger partial charge in [-0.15, -0.1) is 0 Å². The van der Waals surface area contributed by atoms with Crippen molar-refractivity contribution in [1.82, 2.24) is 4.90 Å². The van der Waals surface area contributed by atoms with Crippen LogP contribution in [0, 0.1) is 0 Å². The number of carboxylic acid groups (broad SMARTS) is 1. The second kappa shape index (κ2) is 11.8. The molecule has 0 aromatic carbocycles. The molecule has 0 aromatic heterocycles. The number of nitrogens with zero attached hydrogens (tertiary/aromatic N) is 1. The van der Waals surface area contributed by atoms with Gasteiger partial charge in [-0.1, -0.05) is 0 Å². The van der Waals surface area contributed by atoms with Crippen molar-refractivity contribution in [2.45, 2.75) is 33.3 Å². The summed E-state index contributed by atoms with van der Waals surface area (Å²) in [5.74, 6) is -4.12. The Hall–Kier alpha value is -2.69. The zero-order valence-corrected chi connectivity index (χ0v) is 15.8. The lowest BCUT2D eigenvalue weighted by Gasteiger charge is -2.25. The molecule has 0 heterocycles. The molecule has 0 aliphatic carbocycles. The second-order valence-electron chi connectivity index (χ2n) is 5.91. The maximum Gasteiger partial charge on any atom is 0.350 e. The molecular weight excluding hydrogens is 366 g/mol. The molecule has 0 aliphatic heterocycles. The Morgan fingerprint density at radius 3 is 1.78 bits per heavy atom. The maximum absolute atomic E-state index is 12.1. The zero-order valence-electron chi connectivity index (χ0n) is 15.8. The molecule has 0 radical (unpaired) electrons. The summed E-state index contributed by atoms with van der Waals surface area (Å²) < 4.78 is 19.2. The fraction of sp³-hybridized carbons (Fsp3) is 0.688. The smallest absolute Gasteiger partial charge is 0.350 e. The van der Waals surface area contributed by atoms with Gasteiger partial charge in [0.2, 0.25) is 5.60 Å². The van der Waals surface area contributed by atoms with E-state index in [1.807, 2.05) is 0 Å². The van der Waals surface area contributed by atoms with Crippen LogP contribution in [-0.4, -0.2) is 84.9 Å². The normalized spacial score (nSPS) is 10.9. The van der Waals surface area contributed by atoms with Crippen molar-refractivity contribution in [3.63, 3.8) is 0 Å². The number of hydrogen-bond donors (Lipinski definition) is 1. The Labute approximate surface area is 156 Å². The highest BCUT2D eigenvalue weighted by atomic mass is 16.6. The third-order valence-corrected chi connectivity index (χ3v) is 2.97.